The van der Waals surface area contributed by atoms with E-state index in [1.165, 1.54) is 0 Å². The summed E-state index contributed by atoms with van der Waals surface area (Å²) in [4.78, 5) is 13.8. The Bertz CT molecular complexity index is 348. The normalized spacial score (nSPS) is 14.1. The van der Waals surface area contributed by atoms with Gasteiger partial charge in [-0.05, 0) is 25.8 Å². The van der Waals surface area contributed by atoms with Gasteiger partial charge in [-0.15, -0.1) is 0 Å². The van der Waals surface area contributed by atoms with Crippen LogP contribution in [-0.4, -0.2) is 35.6 Å². The number of hydrogen-bond acceptors (Lipinski definition) is 2. The minimum absolute atomic E-state index is 0.0943. The van der Waals surface area contributed by atoms with Crippen molar-refractivity contribution in [2.75, 3.05) is 13.6 Å². The third kappa shape index (κ3) is 4.19. The lowest BCUT2D eigenvalue weighted by molar-refractivity contribution is -0.131. The van der Waals surface area contributed by atoms with Gasteiger partial charge < -0.3 is 10.0 Å². The molecule has 0 spiro atoms. The number of benzene rings is 1. The summed E-state index contributed by atoms with van der Waals surface area (Å²) in [7, 11) is 1.78. The number of likely N-dealkylation sites (N-methyl/N-ethyl adjacent to an activating group) is 1. The van der Waals surface area contributed by atoms with E-state index in [2.05, 4.69) is 0 Å². The molecule has 3 nitrogen and oxygen atoms in total. The molecule has 1 aromatic rings. The Balaban J connectivity index is 2.57. The third-order valence-electron chi connectivity index (χ3n) is 2.93. The average Bonchev–Trinajstić information content (AvgIpc) is 2.35. The fraction of sp³-hybridized carbons (Fsp3) is 0.500. The van der Waals surface area contributed by atoms with E-state index in [9.17, 15) is 9.90 Å². The second-order valence-corrected chi connectivity index (χ2v) is 4.53. The van der Waals surface area contributed by atoms with E-state index < -0.39 is 0 Å². The molecule has 2 unspecified atom stereocenters. The maximum absolute atomic E-state index is 12.1. The van der Waals surface area contributed by atoms with E-state index in [0.717, 1.165) is 5.56 Å². The molecule has 1 amide bonds. The second kappa shape index (κ2) is 6.40. The van der Waals surface area contributed by atoms with Crippen LogP contribution in [-0.2, 0) is 4.79 Å². The first-order chi connectivity index (χ1) is 8.02. The fourth-order valence-corrected chi connectivity index (χ4v) is 1.71. The summed E-state index contributed by atoms with van der Waals surface area (Å²) in [5.41, 5.74) is 1.03. The van der Waals surface area contributed by atoms with Gasteiger partial charge in [-0.1, -0.05) is 30.3 Å². The molecular formula is C14H21NO2. The van der Waals surface area contributed by atoms with Crippen molar-refractivity contribution in [1.82, 2.24) is 4.90 Å². The molecule has 2 atom stereocenters. The van der Waals surface area contributed by atoms with Gasteiger partial charge in [-0.2, -0.15) is 0 Å². The van der Waals surface area contributed by atoms with Crippen LogP contribution < -0.4 is 0 Å². The van der Waals surface area contributed by atoms with E-state index >= 15 is 0 Å². The lowest BCUT2D eigenvalue weighted by Gasteiger charge is -2.22. The minimum Gasteiger partial charge on any atom is -0.393 e. The van der Waals surface area contributed by atoms with Crippen molar-refractivity contribution in [2.24, 2.45) is 0 Å². The molecule has 17 heavy (non-hydrogen) atoms. The van der Waals surface area contributed by atoms with E-state index in [1.807, 2.05) is 37.3 Å². The molecule has 1 N–H and O–H groups in total. The molecule has 0 aliphatic heterocycles. The minimum atomic E-state index is -0.364. The van der Waals surface area contributed by atoms with Gasteiger partial charge in [0.1, 0.15) is 0 Å². The Hall–Kier alpha value is -1.35. The Morgan fingerprint density at radius 3 is 2.41 bits per heavy atom. The lowest BCUT2D eigenvalue weighted by atomic mass is 10.00. The van der Waals surface area contributed by atoms with Gasteiger partial charge >= 0.3 is 0 Å². The molecule has 0 saturated carbocycles. The zero-order chi connectivity index (χ0) is 12.8. The topological polar surface area (TPSA) is 40.5 Å². The lowest BCUT2D eigenvalue weighted by Crippen LogP contribution is -2.32. The molecule has 0 bridgehead atoms. The van der Waals surface area contributed by atoms with Crippen LogP contribution in [0.25, 0.3) is 0 Å². The second-order valence-electron chi connectivity index (χ2n) is 4.53. The van der Waals surface area contributed by atoms with E-state index in [1.54, 1.807) is 18.9 Å². The van der Waals surface area contributed by atoms with Crippen molar-refractivity contribution in [3.8, 4) is 0 Å². The summed E-state index contributed by atoms with van der Waals surface area (Å²) in [5, 5.41) is 9.20. The van der Waals surface area contributed by atoms with Gasteiger partial charge in [0.2, 0.25) is 5.91 Å². The highest BCUT2D eigenvalue weighted by atomic mass is 16.3. The summed E-state index contributed by atoms with van der Waals surface area (Å²) in [6.07, 6.45) is 0.251. The van der Waals surface area contributed by atoms with Crippen molar-refractivity contribution in [3.63, 3.8) is 0 Å². The Kier molecular flexibility index (Phi) is 5.16. The quantitative estimate of drug-likeness (QED) is 0.848. The number of aliphatic hydroxyl groups is 1. The zero-order valence-corrected chi connectivity index (χ0v) is 10.8. The van der Waals surface area contributed by atoms with Gasteiger partial charge in [0.05, 0.1) is 12.0 Å². The van der Waals surface area contributed by atoms with E-state index in [0.29, 0.717) is 13.0 Å². The smallest absolute Gasteiger partial charge is 0.229 e. The number of nitrogens with zero attached hydrogens (tertiary/aromatic N) is 1. The van der Waals surface area contributed by atoms with Gasteiger partial charge in [0, 0.05) is 13.6 Å². The Morgan fingerprint density at radius 2 is 1.88 bits per heavy atom. The molecule has 3 heteroatoms. The maximum atomic E-state index is 12.1. The van der Waals surface area contributed by atoms with Gasteiger partial charge in [-0.3, -0.25) is 4.79 Å². The first kappa shape index (κ1) is 13.7. The van der Waals surface area contributed by atoms with Crippen LogP contribution in [0, 0.1) is 0 Å². The van der Waals surface area contributed by atoms with Crippen LogP contribution >= 0.6 is 0 Å². The van der Waals surface area contributed by atoms with Crippen LogP contribution in [0.3, 0.4) is 0 Å². The van der Waals surface area contributed by atoms with Crippen molar-refractivity contribution in [2.45, 2.75) is 32.3 Å². The highest BCUT2D eigenvalue weighted by Gasteiger charge is 2.18. The average molecular weight is 235 g/mol. The zero-order valence-electron chi connectivity index (χ0n) is 10.8. The Morgan fingerprint density at radius 1 is 1.29 bits per heavy atom. The summed E-state index contributed by atoms with van der Waals surface area (Å²) in [6, 6.07) is 9.75. The molecule has 0 saturated heterocycles. The van der Waals surface area contributed by atoms with Crippen LogP contribution in [0.1, 0.15) is 31.7 Å². The molecule has 0 heterocycles. The van der Waals surface area contributed by atoms with Crippen LogP contribution in [0.2, 0.25) is 0 Å². The summed E-state index contributed by atoms with van der Waals surface area (Å²) in [6.45, 7) is 4.24. The van der Waals surface area contributed by atoms with Gasteiger partial charge in [0.25, 0.3) is 0 Å². The van der Waals surface area contributed by atoms with E-state index in [-0.39, 0.29) is 17.9 Å². The SMILES string of the molecule is CC(O)CCN(C)C(=O)C(C)c1ccccc1. The van der Waals surface area contributed by atoms with Gasteiger partial charge in [-0.25, -0.2) is 0 Å². The molecule has 0 aliphatic rings. The molecule has 0 radical (unpaired) electrons. The maximum Gasteiger partial charge on any atom is 0.229 e. The van der Waals surface area contributed by atoms with Crippen molar-refractivity contribution in [3.05, 3.63) is 35.9 Å². The number of hydrogen-bond donors (Lipinski definition) is 1. The molecule has 0 aliphatic carbocycles. The monoisotopic (exact) mass is 235 g/mol. The number of aliphatic hydroxyl groups excluding tert-OH is 1. The fourth-order valence-electron chi connectivity index (χ4n) is 1.71. The first-order valence-corrected chi connectivity index (χ1v) is 6.00. The Labute approximate surface area is 103 Å². The van der Waals surface area contributed by atoms with Crippen LogP contribution in [0.5, 0.6) is 0 Å². The summed E-state index contributed by atoms with van der Waals surface area (Å²) >= 11 is 0. The molecule has 0 aromatic heterocycles. The van der Waals surface area contributed by atoms with Crippen molar-refractivity contribution < 1.29 is 9.90 Å². The van der Waals surface area contributed by atoms with E-state index in [4.69, 9.17) is 0 Å². The predicted molar refractivity (Wildman–Crippen MR) is 68.8 cm³/mol. The number of amides is 1. The third-order valence-corrected chi connectivity index (χ3v) is 2.93. The summed E-state index contributed by atoms with van der Waals surface area (Å²) < 4.78 is 0. The van der Waals surface area contributed by atoms with Gasteiger partial charge in [0.15, 0.2) is 0 Å². The summed E-state index contributed by atoms with van der Waals surface area (Å²) in [5.74, 6) is -0.0351. The highest BCUT2D eigenvalue weighted by Crippen LogP contribution is 2.17. The van der Waals surface area contributed by atoms with Crippen molar-refractivity contribution >= 4 is 5.91 Å². The van der Waals surface area contributed by atoms with Crippen LogP contribution in [0.4, 0.5) is 0 Å². The largest absolute Gasteiger partial charge is 0.393 e. The molecule has 1 aromatic carbocycles. The predicted octanol–water partition coefficient (Wildman–Crippen LogP) is 2.02. The number of rotatable bonds is 5. The molecule has 0 fully saturated rings. The van der Waals surface area contributed by atoms with Crippen molar-refractivity contribution in [1.29, 1.82) is 0 Å². The molecule has 1 rings (SSSR count). The number of carbonyl (C=O) groups is 1. The van der Waals surface area contributed by atoms with Crippen LogP contribution in [0.15, 0.2) is 30.3 Å². The standard InChI is InChI=1S/C14H21NO2/c1-11(16)9-10-15(3)14(17)12(2)13-7-5-4-6-8-13/h4-8,11-12,16H,9-10H2,1-3H3. The number of carbonyl (C=O) groups excluding carboxylic acids is 1. The molecular weight excluding hydrogens is 214 g/mol. The molecule has 94 valence electrons. The first-order valence-electron chi connectivity index (χ1n) is 6.00. The highest BCUT2D eigenvalue weighted by molar-refractivity contribution is 5.83.